The number of nitrogens with two attached hydrogens (primary N) is 1. The van der Waals surface area contributed by atoms with Crippen LogP contribution in [0, 0.1) is 0 Å². The van der Waals surface area contributed by atoms with Gasteiger partial charge in [-0.2, -0.15) is 0 Å². The second-order valence-corrected chi connectivity index (χ2v) is 3.22. The number of carbonyl (C=O) groups is 2. The molecular formula is C11H14N2O4. The lowest BCUT2D eigenvalue weighted by Gasteiger charge is -2.09. The smallest absolute Gasteiger partial charge is 0.251 e. The second kappa shape index (κ2) is 5.74. The predicted octanol–water partition coefficient (Wildman–Crippen LogP) is -0.0811. The van der Waals surface area contributed by atoms with Crippen LogP contribution in [0.3, 0.4) is 0 Å². The summed E-state index contributed by atoms with van der Waals surface area (Å²) < 4.78 is 10.1. The minimum atomic E-state index is -0.598. The molecule has 0 aliphatic rings. The lowest BCUT2D eigenvalue weighted by atomic mass is 10.2. The average molecular weight is 238 g/mol. The summed E-state index contributed by atoms with van der Waals surface area (Å²) >= 11 is 0. The predicted molar refractivity (Wildman–Crippen MR) is 61.1 cm³/mol. The van der Waals surface area contributed by atoms with Crippen molar-refractivity contribution in [3.8, 4) is 11.5 Å². The highest BCUT2D eigenvalue weighted by molar-refractivity contribution is 5.96. The maximum atomic E-state index is 11.6. The lowest BCUT2D eigenvalue weighted by molar-refractivity contribution is -0.117. The molecule has 92 valence electrons. The van der Waals surface area contributed by atoms with Gasteiger partial charge in [0.05, 0.1) is 20.8 Å². The molecule has 0 aliphatic heterocycles. The zero-order valence-corrected chi connectivity index (χ0v) is 9.65. The first-order chi connectivity index (χ1) is 8.08. The summed E-state index contributed by atoms with van der Waals surface area (Å²) in [6, 6.07) is 4.70. The average Bonchev–Trinajstić information content (AvgIpc) is 2.34. The van der Waals surface area contributed by atoms with E-state index in [0.29, 0.717) is 17.1 Å². The van der Waals surface area contributed by atoms with Gasteiger partial charge in [0.25, 0.3) is 5.91 Å². The van der Waals surface area contributed by atoms with E-state index >= 15 is 0 Å². The normalized spacial score (nSPS) is 9.53. The van der Waals surface area contributed by atoms with Crippen molar-refractivity contribution in [2.24, 2.45) is 5.73 Å². The van der Waals surface area contributed by atoms with Crippen LogP contribution in [-0.4, -0.2) is 32.6 Å². The summed E-state index contributed by atoms with van der Waals surface area (Å²) in [4.78, 5) is 22.1. The Balaban J connectivity index is 2.84. The molecule has 0 radical (unpaired) electrons. The Morgan fingerprint density at radius 1 is 1.24 bits per heavy atom. The molecule has 0 saturated heterocycles. The number of benzene rings is 1. The Morgan fingerprint density at radius 2 is 1.88 bits per heavy atom. The van der Waals surface area contributed by atoms with Crippen LogP contribution in [0.15, 0.2) is 18.2 Å². The molecule has 1 aromatic rings. The van der Waals surface area contributed by atoms with Gasteiger partial charge in [0.15, 0.2) is 11.5 Å². The first-order valence-electron chi connectivity index (χ1n) is 4.87. The van der Waals surface area contributed by atoms with Crippen molar-refractivity contribution in [3.05, 3.63) is 23.8 Å². The third kappa shape index (κ3) is 3.37. The number of rotatable bonds is 5. The van der Waals surface area contributed by atoms with Crippen LogP contribution in [-0.2, 0) is 4.79 Å². The van der Waals surface area contributed by atoms with E-state index in [-0.39, 0.29) is 6.54 Å². The van der Waals surface area contributed by atoms with Crippen LogP contribution in [0.1, 0.15) is 10.4 Å². The molecule has 0 fully saturated rings. The van der Waals surface area contributed by atoms with E-state index in [4.69, 9.17) is 15.2 Å². The third-order valence-corrected chi connectivity index (χ3v) is 2.07. The topological polar surface area (TPSA) is 90.6 Å². The Kier molecular flexibility index (Phi) is 4.33. The van der Waals surface area contributed by atoms with Gasteiger partial charge in [-0.25, -0.2) is 0 Å². The number of hydrogen-bond acceptors (Lipinski definition) is 4. The van der Waals surface area contributed by atoms with Gasteiger partial charge in [0.1, 0.15) is 0 Å². The van der Waals surface area contributed by atoms with E-state index in [1.54, 1.807) is 12.1 Å². The summed E-state index contributed by atoms with van der Waals surface area (Å²) in [5.41, 5.74) is 5.29. The first kappa shape index (κ1) is 12.8. The van der Waals surface area contributed by atoms with Crippen LogP contribution in [0.25, 0.3) is 0 Å². The minimum Gasteiger partial charge on any atom is -0.493 e. The highest BCUT2D eigenvalue weighted by atomic mass is 16.5. The number of ether oxygens (including phenoxy) is 2. The zero-order chi connectivity index (χ0) is 12.8. The molecule has 6 heteroatoms. The first-order valence-corrected chi connectivity index (χ1v) is 4.87. The van der Waals surface area contributed by atoms with E-state index in [2.05, 4.69) is 5.32 Å². The molecule has 1 aromatic carbocycles. The van der Waals surface area contributed by atoms with Gasteiger partial charge < -0.3 is 20.5 Å². The van der Waals surface area contributed by atoms with Crippen LogP contribution >= 0.6 is 0 Å². The molecule has 0 heterocycles. The van der Waals surface area contributed by atoms with Gasteiger partial charge in [0, 0.05) is 5.56 Å². The fourth-order valence-electron chi connectivity index (χ4n) is 1.25. The number of carbonyl (C=O) groups excluding carboxylic acids is 2. The maximum Gasteiger partial charge on any atom is 0.251 e. The van der Waals surface area contributed by atoms with Crippen molar-refractivity contribution in [2.75, 3.05) is 20.8 Å². The Labute approximate surface area is 98.7 Å². The number of primary amides is 1. The molecule has 17 heavy (non-hydrogen) atoms. The minimum absolute atomic E-state index is 0.201. The van der Waals surface area contributed by atoms with Crippen molar-refractivity contribution in [3.63, 3.8) is 0 Å². The third-order valence-electron chi connectivity index (χ3n) is 2.07. The van der Waals surface area contributed by atoms with Gasteiger partial charge in [-0.15, -0.1) is 0 Å². The largest absolute Gasteiger partial charge is 0.493 e. The highest BCUT2D eigenvalue weighted by Crippen LogP contribution is 2.27. The second-order valence-electron chi connectivity index (χ2n) is 3.22. The Hall–Kier alpha value is -2.24. The fraction of sp³-hybridized carbons (Fsp3) is 0.273. The number of hydrogen-bond donors (Lipinski definition) is 2. The van der Waals surface area contributed by atoms with Crippen molar-refractivity contribution in [2.45, 2.75) is 0 Å². The highest BCUT2D eigenvalue weighted by Gasteiger charge is 2.10. The monoisotopic (exact) mass is 238 g/mol. The summed E-state index contributed by atoms with van der Waals surface area (Å²) in [5, 5.41) is 2.38. The molecule has 0 saturated carbocycles. The summed E-state index contributed by atoms with van der Waals surface area (Å²) in [5.74, 6) is -0.0262. The molecule has 0 bridgehead atoms. The number of amides is 2. The summed E-state index contributed by atoms with van der Waals surface area (Å²) in [6.45, 7) is -0.201. The molecule has 1 rings (SSSR count). The van der Waals surface area contributed by atoms with Gasteiger partial charge >= 0.3 is 0 Å². The lowest BCUT2D eigenvalue weighted by Crippen LogP contribution is -2.33. The molecule has 0 atom stereocenters. The Bertz CT molecular complexity index is 431. The van der Waals surface area contributed by atoms with Crippen LogP contribution in [0.2, 0.25) is 0 Å². The van der Waals surface area contributed by atoms with Crippen molar-refractivity contribution >= 4 is 11.8 Å². The zero-order valence-electron chi connectivity index (χ0n) is 9.65. The van der Waals surface area contributed by atoms with E-state index in [9.17, 15) is 9.59 Å². The molecule has 2 amide bonds. The molecule has 0 aliphatic carbocycles. The SMILES string of the molecule is COc1ccc(C(=O)NCC(N)=O)cc1OC. The van der Waals surface area contributed by atoms with Crippen molar-refractivity contribution in [1.29, 1.82) is 0 Å². The molecule has 0 spiro atoms. The Morgan fingerprint density at radius 3 is 2.41 bits per heavy atom. The van der Waals surface area contributed by atoms with E-state index in [1.807, 2.05) is 0 Å². The summed E-state index contributed by atoms with van der Waals surface area (Å²) in [6.07, 6.45) is 0. The van der Waals surface area contributed by atoms with Crippen molar-refractivity contribution < 1.29 is 19.1 Å². The van der Waals surface area contributed by atoms with Gasteiger partial charge in [0.2, 0.25) is 5.91 Å². The van der Waals surface area contributed by atoms with Gasteiger partial charge in [-0.05, 0) is 18.2 Å². The fourth-order valence-corrected chi connectivity index (χ4v) is 1.25. The van der Waals surface area contributed by atoms with E-state index < -0.39 is 11.8 Å². The van der Waals surface area contributed by atoms with Gasteiger partial charge in [-0.3, -0.25) is 9.59 Å². The van der Waals surface area contributed by atoms with E-state index in [0.717, 1.165) is 0 Å². The van der Waals surface area contributed by atoms with Crippen LogP contribution in [0.4, 0.5) is 0 Å². The standard InChI is InChI=1S/C11H14N2O4/c1-16-8-4-3-7(5-9(8)17-2)11(15)13-6-10(12)14/h3-5H,6H2,1-2H3,(H2,12,14)(H,13,15). The molecular weight excluding hydrogens is 224 g/mol. The number of nitrogens with one attached hydrogen (secondary N) is 1. The van der Waals surface area contributed by atoms with Crippen molar-refractivity contribution in [1.82, 2.24) is 5.32 Å². The van der Waals surface area contributed by atoms with Gasteiger partial charge in [-0.1, -0.05) is 0 Å². The maximum absolute atomic E-state index is 11.6. The van der Waals surface area contributed by atoms with Crippen LogP contribution < -0.4 is 20.5 Å². The molecule has 6 nitrogen and oxygen atoms in total. The quantitative estimate of drug-likeness (QED) is 0.750. The van der Waals surface area contributed by atoms with Crippen LogP contribution in [0.5, 0.6) is 11.5 Å². The molecule has 3 N–H and O–H groups in total. The number of methoxy groups -OCH3 is 2. The molecule has 0 unspecified atom stereocenters. The molecule has 0 aromatic heterocycles. The summed E-state index contributed by atoms with van der Waals surface area (Å²) in [7, 11) is 2.98. The van der Waals surface area contributed by atoms with E-state index in [1.165, 1.54) is 20.3 Å².